The highest BCUT2D eigenvalue weighted by Gasteiger charge is 2.24. The molecule has 138 valence electrons. The Labute approximate surface area is 165 Å². The van der Waals surface area contributed by atoms with Crippen LogP contribution in [0.5, 0.6) is 11.5 Å². The molecule has 0 saturated carbocycles. The second-order valence-electron chi connectivity index (χ2n) is 7.21. The number of rotatable bonds is 5. The first kappa shape index (κ1) is 17.9. The first-order valence-corrected chi connectivity index (χ1v) is 9.34. The number of nitrogens with zero attached hydrogens (tertiary/aromatic N) is 2. The summed E-state index contributed by atoms with van der Waals surface area (Å²) in [6.07, 6.45) is 3.63. The number of aromatic nitrogens is 2. The quantitative estimate of drug-likeness (QED) is 0.418. The largest absolute Gasteiger partial charge is 0.457 e. The Morgan fingerprint density at radius 3 is 2.11 bits per heavy atom. The minimum atomic E-state index is -0.212. The predicted octanol–water partition coefficient (Wildman–Crippen LogP) is 6.26. The maximum absolute atomic E-state index is 6.16. The molecule has 3 heteroatoms. The molecule has 0 saturated heterocycles. The van der Waals surface area contributed by atoms with Crippen molar-refractivity contribution in [2.75, 3.05) is 0 Å². The van der Waals surface area contributed by atoms with E-state index in [0.29, 0.717) is 0 Å². The summed E-state index contributed by atoms with van der Waals surface area (Å²) in [7, 11) is 0. The van der Waals surface area contributed by atoms with Crippen molar-refractivity contribution in [2.24, 2.45) is 0 Å². The summed E-state index contributed by atoms with van der Waals surface area (Å²) in [5, 5.41) is 0. The van der Waals surface area contributed by atoms with Crippen molar-refractivity contribution in [3.63, 3.8) is 0 Å². The van der Waals surface area contributed by atoms with Crippen molar-refractivity contribution in [2.45, 2.75) is 19.3 Å². The lowest BCUT2D eigenvalue weighted by Crippen LogP contribution is -2.20. The molecule has 4 rings (SSSR count). The fraction of sp³-hybridized carbons (Fsp3) is 0.120. The number of hydrogen-bond acceptors (Lipinski definition) is 3. The maximum Gasteiger partial charge on any atom is 0.128 e. The van der Waals surface area contributed by atoms with E-state index in [-0.39, 0.29) is 5.41 Å². The lowest BCUT2D eigenvalue weighted by atomic mass is 9.81. The van der Waals surface area contributed by atoms with Crippen LogP contribution in [0.15, 0.2) is 97.3 Å². The van der Waals surface area contributed by atoms with Crippen LogP contribution >= 0.6 is 0 Å². The standard InChI is InChI=1S/C25H22N2O/c1-25(2,24-14-4-6-16-27-24)20-10-8-12-22(18-20)28-21-11-7-9-19(17-21)23-13-3-5-15-26-23/h3-18H,1-2H3. The highest BCUT2D eigenvalue weighted by Crippen LogP contribution is 2.33. The lowest BCUT2D eigenvalue weighted by Gasteiger charge is -2.25. The van der Waals surface area contributed by atoms with Crippen molar-refractivity contribution >= 4 is 0 Å². The highest BCUT2D eigenvalue weighted by atomic mass is 16.5. The highest BCUT2D eigenvalue weighted by molar-refractivity contribution is 5.61. The van der Waals surface area contributed by atoms with Gasteiger partial charge in [-0.05, 0) is 54.1 Å². The van der Waals surface area contributed by atoms with E-state index in [9.17, 15) is 0 Å². The Morgan fingerprint density at radius 2 is 1.39 bits per heavy atom. The van der Waals surface area contributed by atoms with Gasteiger partial charge in [0.25, 0.3) is 0 Å². The molecule has 0 spiro atoms. The zero-order valence-corrected chi connectivity index (χ0v) is 16.0. The van der Waals surface area contributed by atoms with Crippen LogP contribution in [-0.2, 0) is 5.41 Å². The number of benzene rings is 2. The molecule has 4 aromatic rings. The first-order valence-electron chi connectivity index (χ1n) is 9.34. The molecular weight excluding hydrogens is 344 g/mol. The van der Waals surface area contributed by atoms with E-state index in [2.05, 4.69) is 42.0 Å². The van der Waals surface area contributed by atoms with Gasteiger partial charge in [0.15, 0.2) is 0 Å². The molecule has 0 atom stereocenters. The molecule has 0 fully saturated rings. The minimum Gasteiger partial charge on any atom is -0.457 e. The number of ether oxygens (including phenoxy) is 1. The van der Waals surface area contributed by atoms with Crippen LogP contribution in [0.3, 0.4) is 0 Å². The maximum atomic E-state index is 6.16. The average Bonchev–Trinajstić information content (AvgIpc) is 2.75. The molecule has 0 bridgehead atoms. The van der Waals surface area contributed by atoms with Crippen molar-refractivity contribution in [1.82, 2.24) is 9.97 Å². The van der Waals surface area contributed by atoms with Crippen molar-refractivity contribution in [3.05, 3.63) is 109 Å². The Morgan fingerprint density at radius 1 is 0.679 bits per heavy atom. The number of hydrogen-bond donors (Lipinski definition) is 0. The summed E-state index contributed by atoms with van der Waals surface area (Å²) in [5.74, 6) is 1.59. The first-order chi connectivity index (χ1) is 13.6. The third kappa shape index (κ3) is 3.79. The van der Waals surface area contributed by atoms with E-state index in [4.69, 9.17) is 4.74 Å². The SMILES string of the molecule is CC(C)(c1cccc(Oc2cccc(-c3ccccn3)c2)c1)c1ccccn1. The van der Waals surface area contributed by atoms with Crippen LogP contribution in [0, 0.1) is 0 Å². The molecular formula is C25H22N2O. The smallest absolute Gasteiger partial charge is 0.128 e. The lowest BCUT2D eigenvalue weighted by molar-refractivity contribution is 0.479. The van der Waals surface area contributed by atoms with E-state index in [1.54, 1.807) is 6.20 Å². The van der Waals surface area contributed by atoms with Gasteiger partial charge in [-0.3, -0.25) is 9.97 Å². The van der Waals surface area contributed by atoms with Crippen molar-refractivity contribution in [1.29, 1.82) is 0 Å². The second-order valence-corrected chi connectivity index (χ2v) is 7.21. The molecule has 0 unspecified atom stereocenters. The average molecular weight is 366 g/mol. The van der Waals surface area contributed by atoms with Crippen LogP contribution in [0.25, 0.3) is 11.3 Å². The summed E-state index contributed by atoms with van der Waals surface area (Å²) in [5.41, 5.74) is 3.94. The van der Waals surface area contributed by atoms with E-state index in [1.165, 1.54) is 0 Å². The molecule has 3 nitrogen and oxygen atoms in total. The van der Waals surface area contributed by atoms with Gasteiger partial charge < -0.3 is 4.74 Å². The van der Waals surface area contributed by atoms with E-state index in [0.717, 1.165) is 34.0 Å². The molecule has 0 aliphatic heterocycles. The van der Waals surface area contributed by atoms with E-state index >= 15 is 0 Å². The van der Waals surface area contributed by atoms with Crippen LogP contribution in [-0.4, -0.2) is 9.97 Å². The second kappa shape index (κ2) is 7.65. The molecule has 0 N–H and O–H groups in total. The van der Waals surface area contributed by atoms with Gasteiger partial charge in [-0.25, -0.2) is 0 Å². The minimum absolute atomic E-state index is 0.212. The topological polar surface area (TPSA) is 35.0 Å². The molecule has 0 amide bonds. The van der Waals surface area contributed by atoms with Crippen LogP contribution in [0.2, 0.25) is 0 Å². The normalized spacial score (nSPS) is 11.2. The van der Waals surface area contributed by atoms with Crippen LogP contribution < -0.4 is 4.74 Å². The van der Waals surface area contributed by atoms with Gasteiger partial charge in [-0.1, -0.05) is 50.2 Å². The fourth-order valence-corrected chi connectivity index (χ4v) is 3.22. The van der Waals surface area contributed by atoms with Gasteiger partial charge in [0.1, 0.15) is 11.5 Å². The zero-order valence-electron chi connectivity index (χ0n) is 16.0. The summed E-state index contributed by atoms with van der Waals surface area (Å²) in [6.45, 7) is 4.35. The van der Waals surface area contributed by atoms with Gasteiger partial charge in [0.05, 0.1) is 11.4 Å². The Hall–Kier alpha value is -3.46. The van der Waals surface area contributed by atoms with Crippen LogP contribution in [0.4, 0.5) is 0 Å². The fourth-order valence-electron chi connectivity index (χ4n) is 3.22. The Kier molecular flexibility index (Phi) is 4.90. The molecule has 0 radical (unpaired) electrons. The van der Waals surface area contributed by atoms with Crippen molar-refractivity contribution < 1.29 is 4.74 Å². The van der Waals surface area contributed by atoms with E-state index < -0.39 is 0 Å². The van der Waals surface area contributed by atoms with Gasteiger partial charge in [-0.2, -0.15) is 0 Å². The van der Waals surface area contributed by atoms with E-state index in [1.807, 2.05) is 72.9 Å². The monoisotopic (exact) mass is 366 g/mol. The molecule has 2 aromatic carbocycles. The molecule has 0 aliphatic carbocycles. The Balaban J connectivity index is 1.61. The van der Waals surface area contributed by atoms with Gasteiger partial charge in [0.2, 0.25) is 0 Å². The van der Waals surface area contributed by atoms with Gasteiger partial charge in [0, 0.05) is 23.4 Å². The van der Waals surface area contributed by atoms with Crippen LogP contribution in [0.1, 0.15) is 25.1 Å². The molecule has 2 heterocycles. The summed E-state index contributed by atoms with van der Waals surface area (Å²) in [4.78, 5) is 8.95. The number of pyridine rings is 2. The Bertz CT molecular complexity index is 1060. The molecule has 28 heavy (non-hydrogen) atoms. The third-order valence-electron chi connectivity index (χ3n) is 4.89. The summed E-state index contributed by atoms with van der Waals surface area (Å²) < 4.78 is 6.16. The molecule has 0 aliphatic rings. The third-order valence-corrected chi connectivity index (χ3v) is 4.89. The molecule has 2 aromatic heterocycles. The predicted molar refractivity (Wildman–Crippen MR) is 113 cm³/mol. The van der Waals surface area contributed by atoms with Gasteiger partial charge in [-0.15, -0.1) is 0 Å². The van der Waals surface area contributed by atoms with Gasteiger partial charge >= 0.3 is 0 Å². The van der Waals surface area contributed by atoms with Crippen molar-refractivity contribution in [3.8, 4) is 22.8 Å². The zero-order chi connectivity index (χ0) is 19.4. The summed E-state index contributed by atoms with van der Waals surface area (Å²) >= 11 is 0. The summed E-state index contributed by atoms with van der Waals surface area (Å²) in [6, 6.07) is 28.1.